The van der Waals surface area contributed by atoms with E-state index in [-0.39, 0.29) is 24.3 Å². The molecule has 142 valence electrons. The first kappa shape index (κ1) is 18.7. The molecular formula is C19H26N2O5. The number of para-hydroxylation sites is 1. The molecule has 7 nitrogen and oxygen atoms in total. The van der Waals surface area contributed by atoms with Gasteiger partial charge in [0.25, 0.3) is 0 Å². The second kappa shape index (κ2) is 9.00. The number of hydrogen-bond acceptors (Lipinski definition) is 5. The Hall–Kier alpha value is -2.12. The number of carbonyl (C=O) groups is 2. The average Bonchev–Trinajstić information content (AvgIpc) is 3.11. The van der Waals surface area contributed by atoms with Crippen molar-refractivity contribution in [2.24, 2.45) is 0 Å². The zero-order valence-electron chi connectivity index (χ0n) is 15.1. The first-order valence-corrected chi connectivity index (χ1v) is 9.05. The van der Waals surface area contributed by atoms with Crippen LogP contribution in [0.2, 0.25) is 0 Å². The van der Waals surface area contributed by atoms with Crippen molar-refractivity contribution in [1.29, 1.82) is 0 Å². The van der Waals surface area contributed by atoms with E-state index in [1.54, 1.807) is 16.9 Å². The van der Waals surface area contributed by atoms with Gasteiger partial charge in [0.15, 0.2) is 0 Å². The molecule has 1 aromatic rings. The van der Waals surface area contributed by atoms with E-state index in [1.165, 1.54) is 0 Å². The molecule has 0 spiro atoms. The number of ether oxygens (including phenoxy) is 3. The first-order valence-electron chi connectivity index (χ1n) is 9.05. The molecule has 2 saturated heterocycles. The highest BCUT2D eigenvalue weighted by molar-refractivity contribution is 5.88. The molecule has 0 radical (unpaired) electrons. The highest BCUT2D eigenvalue weighted by atomic mass is 16.5. The van der Waals surface area contributed by atoms with Crippen LogP contribution < -0.4 is 4.74 Å². The lowest BCUT2D eigenvalue weighted by Crippen LogP contribution is -2.51. The predicted molar refractivity (Wildman–Crippen MR) is 94.9 cm³/mol. The number of likely N-dealkylation sites (tertiary alicyclic amines) is 1. The SMILES string of the molecule is COCCC(=O)N1C[C@@H](Oc2ccccc2)C[C@@H]1C(=O)N1CCOCC1. The zero-order chi connectivity index (χ0) is 18.4. The Morgan fingerprint density at radius 1 is 1.19 bits per heavy atom. The summed E-state index contributed by atoms with van der Waals surface area (Å²) in [6, 6.07) is 9.02. The Balaban J connectivity index is 1.70. The monoisotopic (exact) mass is 362 g/mol. The van der Waals surface area contributed by atoms with Crippen molar-refractivity contribution >= 4 is 11.8 Å². The van der Waals surface area contributed by atoms with Crippen molar-refractivity contribution in [2.45, 2.75) is 25.0 Å². The van der Waals surface area contributed by atoms with E-state index in [0.29, 0.717) is 45.9 Å². The summed E-state index contributed by atoms with van der Waals surface area (Å²) in [7, 11) is 1.56. The Bertz CT molecular complexity index is 603. The van der Waals surface area contributed by atoms with Crippen molar-refractivity contribution in [2.75, 3.05) is 46.6 Å². The molecule has 0 N–H and O–H groups in total. The molecular weight excluding hydrogens is 336 g/mol. The number of benzene rings is 1. The zero-order valence-corrected chi connectivity index (χ0v) is 15.1. The minimum atomic E-state index is -0.480. The molecule has 0 saturated carbocycles. The van der Waals surface area contributed by atoms with Gasteiger partial charge in [-0.1, -0.05) is 18.2 Å². The summed E-state index contributed by atoms with van der Waals surface area (Å²) >= 11 is 0. The van der Waals surface area contributed by atoms with Crippen LogP contribution in [0.15, 0.2) is 30.3 Å². The lowest BCUT2D eigenvalue weighted by Gasteiger charge is -2.32. The number of nitrogens with zero attached hydrogens (tertiary/aromatic N) is 2. The molecule has 2 aliphatic rings. The van der Waals surface area contributed by atoms with Gasteiger partial charge >= 0.3 is 0 Å². The van der Waals surface area contributed by atoms with Gasteiger partial charge in [-0.05, 0) is 12.1 Å². The van der Waals surface area contributed by atoms with E-state index in [1.807, 2.05) is 30.3 Å². The summed E-state index contributed by atoms with van der Waals surface area (Å²) in [5.74, 6) is 0.664. The summed E-state index contributed by atoms with van der Waals surface area (Å²) < 4.78 is 16.3. The summed E-state index contributed by atoms with van der Waals surface area (Å²) in [4.78, 5) is 29.0. The van der Waals surface area contributed by atoms with Crippen molar-refractivity contribution in [3.63, 3.8) is 0 Å². The van der Waals surface area contributed by atoms with Crippen molar-refractivity contribution in [3.05, 3.63) is 30.3 Å². The molecule has 7 heteroatoms. The van der Waals surface area contributed by atoms with Crippen molar-refractivity contribution < 1.29 is 23.8 Å². The van der Waals surface area contributed by atoms with Crippen LogP contribution in [-0.4, -0.2) is 80.3 Å². The second-order valence-electron chi connectivity index (χ2n) is 6.53. The van der Waals surface area contributed by atoms with Crippen LogP contribution in [0, 0.1) is 0 Å². The number of rotatable bonds is 6. The van der Waals surface area contributed by atoms with Gasteiger partial charge in [-0.2, -0.15) is 0 Å². The Morgan fingerprint density at radius 2 is 1.92 bits per heavy atom. The number of morpholine rings is 1. The summed E-state index contributed by atoms with van der Waals surface area (Å²) in [6.07, 6.45) is 0.574. The molecule has 2 aliphatic heterocycles. The topological polar surface area (TPSA) is 68.3 Å². The van der Waals surface area contributed by atoms with Crippen LogP contribution in [-0.2, 0) is 19.1 Å². The standard InChI is InChI=1S/C19H26N2O5/c1-24-10-7-18(22)21-14-16(26-15-5-3-2-4-6-15)13-17(21)19(23)20-8-11-25-12-9-20/h2-6,16-17H,7-14H2,1H3/t16-,17+/m0/s1. The van der Waals surface area contributed by atoms with Crippen LogP contribution >= 0.6 is 0 Å². The third-order valence-electron chi connectivity index (χ3n) is 4.76. The van der Waals surface area contributed by atoms with Crippen LogP contribution in [0.3, 0.4) is 0 Å². The minimum absolute atomic E-state index is 0.0155. The maximum absolute atomic E-state index is 13.0. The maximum atomic E-state index is 13.0. The van der Waals surface area contributed by atoms with Crippen LogP contribution in [0.1, 0.15) is 12.8 Å². The van der Waals surface area contributed by atoms with E-state index in [9.17, 15) is 9.59 Å². The van der Waals surface area contributed by atoms with Gasteiger partial charge in [0, 0.05) is 26.6 Å². The summed E-state index contributed by atoms with van der Waals surface area (Å²) in [6.45, 7) is 2.98. The highest BCUT2D eigenvalue weighted by Gasteiger charge is 2.42. The van der Waals surface area contributed by atoms with Gasteiger partial charge in [-0.3, -0.25) is 9.59 Å². The van der Waals surface area contributed by atoms with E-state index in [0.717, 1.165) is 5.75 Å². The van der Waals surface area contributed by atoms with Gasteiger partial charge < -0.3 is 24.0 Å². The lowest BCUT2D eigenvalue weighted by atomic mass is 10.1. The van der Waals surface area contributed by atoms with E-state index >= 15 is 0 Å². The van der Waals surface area contributed by atoms with Crippen LogP contribution in [0.25, 0.3) is 0 Å². The molecule has 2 heterocycles. The van der Waals surface area contributed by atoms with E-state index in [2.05, 4.69) is 0 Å². The van der Waals surface area contributed by atoms with Gasteiger partial charge in [0.1, 0.15) is 17.9 Å². The summed E-state index contributed by atoms with van der Waals surface area (Å²) in [5, 5.41) is 0. The molecule has 1 aromatic carbocycles. The highest BCUT2D eigenvalue weighted by Crippen LogP contribution is 2.25. The average molecular weight is 362 g/mol. The van der Waals surface area contributed by atoms with E-state index < -0.39 is 6.04 Å². The normalized spacial score (nSPS) is 23.1. The molecule has 0 unspecified atom stereocenters. The molecule has 2 atom stereocenters. The third-order valence-corrected chi connectivity index (χ3v) is 4.76. The molecule has 0 aliphatic carbocycles. The first-order chi connectivity index (χ1) is 12.7. The second-order valence-corrected chi connectivity index (χ2v) is 6.53. The van der Waals surface area contributed by atoms with Gasteiger partial charge in [-0.25, -0.2) is 0 Å². The molecule has 2 fully saturated rings. The fourth-order valence-corrected chi connectivity index (χ4v) is 3.41. The third kappa shape index (κ3) is 4.53. The quantitative estimate of drug-likeness (QED) is 0.753. The van der Waals surface area contributed by atoms with Crippen molar-refractivity contribution in [3.8, 4) is 5.75 Å². The molecule has 2 amide bonds. The van der Waals surface area contributed by atoms with E-state index in [4.69, 9.17) is 14.2 Å². The van der Waals surface area contributed by atoms with Crippen LogP contribution in [0.5, 0.6) is 5.75 Å². The van der Waals surface area contributed by atoms with Crippen LogP contribution in [0.4, 0.5) is 0 Å². The van der Waals surface area contributed by atoms with Gasteiger partial charge in [0.2, 0.25) is 11.8 Å². The fraction of sp³-hybridized carbons (Fsp3) is 0.579. The Labute approximate surface area is 153 Å². The summed E-state index contributed by atoms with van der Waals surface area (Å²) in [5.41, 5.74) is 0. The van der Waals surface area contributed by atoms with Crippen molar-refractivity contribution in [1.82, 2.24) is 9.80 Å². The molecule has 26 heavy (non-hydrogen) atoms. The molecule has 0 aromatic heterocycles. The van der Waals surface area contributed by atoms with Gasteiger partial charge in [-0.15, -0.1) is 0 Å². The lowest BCUT2D eigenvalue weighted by molar-refractivity contribution is -0.146. The maximum Gasteiger partial charge on any atom is 0.245 e. The predicted octanol–water partition coefficient (Wildman–Crippen LogP) is 0.930. The Kier molecular flexibility index (Phi) is 6.46. The number of amides is 2. The number of methoxy groups -OCH3 is 1. The minimum Gasteiger partial charge on any atom is -0.488 e. The molecule has 0 bridgehead atoms. The molecule has 3 rings (SSSR count). The Morgan fingerprint density at radius 3 is 2.62 bits per heavy atom. The van der Waals surface area contributed by atoms with Gasteiger partial charge in [0.05, 0.1) is 32.8 Å². The smallest absolute Gasteiger partial charge is 0.245 e. The number of carbonyl (C=O) groups excluding carboxylic acids is 2. The largest absolute Gasteiger partial charge is 0.488 e. The fourth-order valence-electron chi connectivity index (χ4n) is 3.41. The number of hydrogen-bond donors (Lipinski definition) is 0.